The van der Waals surface area contributed by atoms with Gasteiger partial charge in [-0.3, -0.25) is 4.79 Å². The summed E-state index contributed by atoms with van der Waals surface area (Å²) in [5.41, 5.74) is 3.37. The number of carbonyl (C=O) groups excluding carboxylic acids is 1. The van der Waals surface area contributed by atoms with Gasteiger partial charge in [0.1, 0.15) is 10.5 Å². The van der Waals surface area contributed by atoms with Crippen LogP contribution in [0.4, 0.5) is 0 Å². The van der Waals surface area contributed by atoms with Gasteiger partial charge in [-0.05, 0) is 28.8 Å². The third kappa shape index (κ3) is 2.73. The Morgan fingerprint density at radius 1 is 1.18 bits per heavy atom. The van der Waals surface area contributed by atoms with Crippen molar-refractivity contribution in [2.75, 3.05) is 14.2 Å². The lowest BCUT2D eigenvalue weighted by molar-refractivity contribution is -0.143. The topological polar surface area (TPSA) is 48.7 Å². The Bertz CT molecular complexity index is 639. The lowest BCUT2D eigenvalue weighted by Gasteiger charge is -2.25. The molecule has 0 radical (unpaired) electrons. The van der Waals surface area contributed by atoms with E-state index in [2.05, 4.69) is 0 Å². The number of ether oxygens (including phenoxy) is 2. The first-order valence-corrected chi connectivity index (χ1v) is 8.05. The van der Waals surface area contributed by atoms with Crippen LogP contribution in [0.2, 0.25) is 0 Å². The first-order valence-electron chi connectivity index (χ1n) is 7.06. The third-order valence-electron chi connectivity index (χ3n) is 4.02. The van der Waals surface area contributed by atoms with Crippen LogP contribution in [0.25, 0.3) is 0 Å². The van der Waals surface area contributed by atoms with Gasteiger partial charge in [0, 0.05) is 18.6 Å². The van der Waals surface area contributed by atoms with Crippen molar-refractivity contribution in [1.82, 2.24) is 0 Å². The van der Waals surface area contributed by atoms with Crippen LogP contribution in [-0.4, -0.2) is 24.9 Å². The number of hydrogen-bond donors (Lipinski definition) is 0. The summed E-state index contributed by atoms with van der Waals surface area (Å²) in [4.78, 5) is 12.3. The summed E-state index contributed by atoms with van der Waals surface area (Å²) >= 11 is 1.63. The van der Waals surface area contributed by atoms with Gasteiger partial charge in [0.2, 0.25) is 0 Å². The Morgan fingerprint density at radius 3 is 2.36 bits per heavy atom. The molecular weight excluding hydrogens is 300 g/mol. The van der Waals surface area contributed by atoms with Crippen LogP contribution in [0.5, 0.6) is 5.75 Å². The van der Waals surface area contributed by atoms with Gasteiger partial charge in [-0.25, -0.2) is 0 Å². The Balaban J connectivity index is 1.74. The van der Waals surface area contributed by atoms with Gasteiger partial charge < -0.3 is 13.9 Å². The summed E-state index contributed by atoms with van der Waals surface area (Å²) in [6.45, 7) is 0. The fourth-order valence-electron chi connectivity index (χ4n) is 2.77. The van der Waals surface area contributed by atoms with Gasteiger partial charge in [0.05, 0.1) is 26.7 Å². The van der Waals surface area contributed by atoms with E-state index in [-0.39, 0.29) is 5.97 Å². The average Bonchev–Trinajstić information content (AvgIpc) is 3.12. The maximum absolute atomic E-state index is 12.3. The van der Waals surface area contributed by atoms with Crippen molar-refractivity contribution in [2.45, 2.75) is 23.3 Å². The minimum absolute atomic E-state index is 0.165. The van der Waals surface area contributed by atoms with Crippen molar-refractivity contribution in [2.24, 2.45) is 0 Å². The molecule has 0 N–H and O–H groups in total. The van der Waals surface area contributed by atoms with Gasteiger partial charge in [-0.1, -0.05) is 12.1 Å². The van der Waals surface area contributed by atoms with Gasteiger partial charge in [-0.15, -0.1) is 11.8 Å². The summed E-state index contributed by atoms with van der Waals surface area (Å²) in [5.74, 6) is 1.42. The molecule has 1 aliphatic rings. The van der Waals surface area contributed by atoms with Crippen LogP contribution in [0.3, 0.4) is 0 Å². The average molecular weight is 318 g/mol. The van der Waals surface area contributed by atoms with E-state index in [1.165, 1.54) is 7.11 Å². The lowest BCUT2D eigenvalue weighted by Crippen LogP contribution is -2.37. The summed E-state index contributed by atoms with van der Waals surface area (Å²) in [6, 6.07) is 7.91. The molecule has 0 unspecified atom stereocenters. The van der Waals surface area contributed by atoms with Crippen LogP contribution in [0.1, 0.15) is 16.7 Å². The van der Waals surface area contributed by atoms with Gasteiger partial charge >= 0.3 is 5.97 Å². The fourth-order valence-corrected chi connectivity index (χ4v) is 4.12. The normalized spacial score (nSPS) is 15.4. The van der Waals surface area contributed by atoms with E-state index < -0.39 is 4.75 Å². The number of benzene rings is 1. The SMILES string of the molecule is COC(=O)C1(SCc2ccc(OC)cc2)Cc2cocc2C1. The smallest absolute Gasteiger partial charge is 0.322 e. The molecule has 1 heterocycles. The Morgan fingerprint density at radius 2 is 1.82 bits per heavy atom. The van der Waals surface area contributed by atoms with Crippen LogP contribution in [0.15, 0.2) is 41.2 Å². The van der Waals surface area contributed by atoms with E-state index in [9.17, 15) is 4.79 Å². The molecule has 1 aromatic heterocycles. The number of carbonyl (C=O) groups is 1. The highest BCUT2D eigenvalue weighted by Gasteiger charge is 2.46. The predicted molar refractivity (Wildman–Crippen MR) is 85.2 cm³/mol. The highest BCUT2D eigenvalue weighted by atomic mass is 32.2. The van der Waals surface area contributed by atoms with E-state index in [1.54, 1.807) is 31.4 Å². The molecule has 0 aliphatic heterocycles. The molecule has 1 aromatic carbocycles. The molecular formula is C17H18O4S. The molecule has 0 amide bonds. The Hall–Kier alpha value is -1.88. The maximum atomic E-state index is 12.3. The molecule has 0 bridgehead atoms. The molecule has 0 saturated heterocycles. The second-order valence-corrected chi connectivity index (χ2v) is 6.76. The van der Waals surface area contributed by atoms with E-state index in [1.807, 2.05) is 24.3 Å². The second-order valence-electron chi connectivity index (χ2n) is 5.40. The van der Waals surface area contributed by atoms with Gasteiger partial charge in [0.25, 0.3) is 0 Å². The highest BCUT2D eigenvalue weighted by Crippen LogP contribution is 2.43. The molecule has 22 heavy (non-hydrogen) atoms. The molecule has 1 aliphatic carbocycles. The summed E-state index contributed by atoms with van der Waals surface area (Å²) < 4.78 is 14.9. The number of furan rings is 1. The van der Waals surface area contributed by atoms with Crippen molar-refractivity contribution >= 4 is 17.7 Å². The van der Waals surface area contributed by atoms with E-state index >= 15 is 0 Å². The number of thioether (sulfide) groups is 1. The van der Waals surface area contributed by atoms with E-state index in [0.29, 0.717) is 12.8 Å². The zero-order valence-electron chi connectivity index (χ0n) is 12.6. The van der Waals surface area contributed by atoms with Crippen molar-refractivity contribution in [3.63, 3.8) is 0 Å². The quantitative estimate of drug-likeness (QED) is 0.792. The van der Waals surface area contributed by atoms with Crippen molar-refractivity contribution in [3.05, 3.63) is 53.5 Å². The summed E-state index contributed by atoms with van der Waals surface area (Å²) in [6.07, 6.45) is 4.78. The summed E-state index contributed by atoms with van der Waals surface area (Å²) in [7, 11) is 3.10. The predicted octanol–water partition coefficient (Wildman–Crippen LogP) is 3.23. The molecule has 0 spiro atoms. The van der Waals surface area contributed by atoms with Gasteiger partial charge in [-0.2, -0.15) is 0 Å². The number of hydrogen-bond acceptors (Lipinski definition) is 5. The molecule has 0 atom stereocenters. The fraction of sp³-hybridized carbons (Fsp3) is 0.353. The van der Waals surface area contributed by atoms with Crippen LogP contribution in [-0.2, 0) is 28.1 Å². The van der Waals surface area contributed by atoms with Crippen LogP contribution in [0, 0.1) is 0 Å². The van der Waals surface area contributed by atoms with Crippen LogP contribution >= 0.6 is 11.8 Å². The largest absolute Gasteiger partial charge is 0.497 e. The molecule has 0 fully saturated rings. The van der Waals surface area contributed by atoms with Crippen LogP contribution < -0.4 is 4.74 Å². The first kappa shape index (κ1) is 15.0. The number of esters is 1. The molecule has 5 heteroatoms. The maximum Gasteiger partial charge on any atom is 0.322 e. The number of rotatable bonds is 5. The van der Waals surface area contributed by atoms with Crippen molar-refractivity contribution < 1.29 is 18.7 Å². The highest BCUT2D eigenvalue weighted by molar-refractivity contribution is 8.00. The standard InChI is InChI=1S/C17H18O4S/c1-19-15-5-3-12(4-6-15)11-22-17(16(18)20-2)7-13-9-21-10-14(13)8-17/h3-6,9-10H,7-8,11H2,1-2H3. The second kappa shape index (κ2) is 6.08. The Labute approximate surface area is 133 Å². The lowest BCUT2D eigenvalue weighted by atomic mass is 10.1. The Kier molecular flexibility index (Phi) is 4.16. The summed E-state index contributed by atoms with van der Waals surface area (Å²) in [5, 5.41) is 0. The van der Waals surface area contributed by atoms with E-state index in [0.717, 1.165) is 28.2 Å². The monoisotopic (exact) mass is 318 g/mol. The van der Waals surface area contributed by atoms with Crippen molar-refractivity contribution in [3.8, 4) is 5.75 Å². The third-order valence-corrected chi connectivity index (χ3v) is 5.50. The minimum Gasteiger partial charge on any atom is -0.497 e. The van der Waals surface area contributed by atoms with E-state index in [4.69, 9.17) is 13.9 Å². The molecule has 2 aromatic rings. The number of methoxy groups -OCH3 is 2. The molecule has 4 nitrogen and oxygen atoms in total. The molecule has 0 saturated carbocycles. The van der Waals surface area contributed by atoms with Gasteiger partial charge in [0.15, 0.2) is 0 Å². The molecule has 116 valence electrons. The van der Waals surface area contributed by atoms with Crippen molar-refractivity contribution in [1.29, 1.82) is 0 Å². The zero-order valence-corrected chi connectivity index (χ0v) is 13.4. The zero-order chi connectivity index (χ0) is 15.6. The first-order chi connectivity index (χ1) is 10.7. The molecule has 3 rings (SSSR count). The minimum atomic E-state index is -0.546. The number of fused-ring (bicyclic) bond motifs is 1.